The van der Waals surface area contributed by atoms with E-state index < -0.39 is 0 Å². The Morgan fingerprint density at radius 3 is 2.85 bits per heavy atom. The van der Waals surface area contributed by atoms with Gasteiger partial charge in [-0.2, -0.15) is 5.26 Å². The first-order valence-corrected chi connectivity index (χ1v) is 7.08. The predicted octanol–water partition coefficient (Wildman–Crippen LogP) is 1.73. The molecule has 1 aliphatic heterocycles. The van der Waals surface area contributed by atoms with Gasteiger partial charge in [-0.25, -0.2) is 15.8 Å². The number of nitrogens with one attached hydrogen (secondary N) is 1. The Kier molecular flexibility index (Phi) is 6.36. The first-order chi connectivity index (χ1) is 9.69. The summed E-state index contributed by atoms with van der Waals surface area (Å²) in [5, 5.41) is 9.68. The summed E-state index contributed by atoms with van der Waals surface area (Å²) >= 11 is 1.38. The average molecular weight is 285 g/mol. The van der Waals surface area contributed by atoms with Crippen LogP contribution in [0.15, 0.2) is 38.5 Å². The molecule has 0 fully saturated rings. The molecule has 3 N–H and O–H groups in total. The summed E-state index contributed by atoms with van der Waals surface area (Å²) in [6, 6.07) is 2.00. The highest BCUT2D eigenvalue weighted by atomic mass is 32.2. The number of nitrogens with two attached hydrogens (primary N) is 1. The van der Waals surface area contributed by atoms with E-state index in [0.717, 1.165) is 0 Å². The molecule has 0 aromatic heterocycles. The maximum Gasteiger partial charge on any atom is 0.168 e. The van der Waals surface area contributed by atoms with E-state index in [1.165, 1.54) is 11.8 Å². The van der Waals surface area contributed by atoms with Gasteiger partial charge in [-0.15, -0.1) is 24.1 Å². The molecule has 1 aliphatic rings. The monoisotopic (exact) mass is 285 g/mol. The fourth-order valence-electron chi connectivity index (χ4n) is 1.55. The topological polar surface area (TPSA) is 86.6 Å². The number of rotatable bonds is 4. The standard InChI is InChI=1S/C14H15N5S/c1-4-6-10(7-5-2)13-17-12(20-3)8-11(9-15)14(18-13)19-16/h1,5,7,10H,6,16H2,2-3H3,(H,17,18,19)/b7-5-. The number of hydrogen-bond acceptors (Lipinski definition) is 6. The second-order valence-electron chi connectivity index (χ2n) is 3.74. The van der Waals surface area contributed by atoms with E-state index in [1.807, 2.05) is 31.4 Å². The molecule has 1 heterocycles. The van der Waals surface area contributed by atoms with Gasteiger partial charge >= 0.3 is 0 Å². The fraction of sp³-hybridized carbons (Fsp3) is 0.286. The van der Waals surface area contributed by atoms with Gasteiger partial charge in [-0.1, -0.05) is 17.9 Å². The molecule has 0 aromatic rings. The van der Waals surface area contributed by atoms with E-state index in [0.29, 0.717) is 17.3 Å². The van der Waals surface area contributed by atoms with Crippen molar-refractivity contribution >= 4 is 23.4 Å². The number of thioether (sulfide) groups is 1. The first kappa shape index (κ1) is 15.8. The van der Waals surface area contributed by atoms with Gasteiger partial charge < -0.3 is 5.43 Å². The van der Waals surface area contributed by atoms with E-state index in [1.54, 1.807) is 0 Å². The summed E-state index contributed by atoms with van der Waals surface area (Å²) in [4.78, 5) is 8.72. The minimum atomic E-state index is -0.129. The third-order valence-corrected chi connectivity index (χ3v) is 3.03. The summed E-state index contributed by atoms with van der Waals surface area (Å²) in [5.41, 5.74) is 5.51. The average Bonchev–Trinajstić information content (AvgIpc) is 2.65. The van der Waals surface area contributed by atoms with Crippen molar-refractivity contribution in [2.24, 2.45) is 21.7 Å². The predicted molar refractivity (Wildman–Crippen MR) is 83.6 cm³/mol. The Hall–Kier alpha value is -2.24. The molecule has 0 aromatic carbocycles. The van der Waals surface area contributed by atoms with Crippen LogP contribution in [0.1, 0.15) is 13.3 Å². The summed E-state index contributed by atoms with van der Waals surface area (Å²) in [6.07, 6.45) is 11.5. The van der Waals surface area contributed by atoms with E-state index in [4.69, 9.17) is 17.5 Å². The number of terminal acetylenes is 1. The van der Waals surface area contributed by atoms with Crippen LogP contribution in [0.4, 0.5) is 0 Å². The number of nitriles is 1. The molecule has 0 aliphatic carbocycles. The zero-order valence-corrected chi connectivity index (χ0v) is 12.2. The Morgan fingerprint density at radius 2 is 2.35 bits per heavy atom. The minimum absolute atomic E-state index is 0.129. The van der Waals surface area contributed by atoms with Gasteiger partial charge in [0.15, 0.2) is 5.84 Å². The number of nitrogens with zero attached hydrogens (tertiary/aromatic N) is 3. The normalized spacial score (nSPS) is 16.1. The highest BCUT2D eigenvalue weighted by Crippen LogP contribution is 2.20. The van der Waals surface area contributed by atoms with Gasteiger partial charge in [0, 0.05) is 12.3 Å². The molecule has 0 radical (unpaired) electrons. The fourth-order valence-corrected chi connectivity index (χ4v) is 1.94. The molecule has 0 saturated carbocycles. The number of hydrogen-bond donors (Lipinski definition) is 2. The Balaban J connectivity index is 3.36. The Labute approximate surface area is 123 Å². The summed E-state index contributed by atoms with van der Waals surface area (Å²) in [7, 11) is 0. The molecule has 0 bridgehead atoms. The highest BCUT2D eigenvalue weighted by molar-refractivity contribution is 8.02. The zero-order valence-electron chi connectivity index (χ0n) is 11.3. The SMILES string of the molecule is C#CCC(/C=C\C)C1=NC(SC)=C=C(C#N)C(NN)=N1. The van der Waals surface area contributed by atoms with Crippen molar-refractivity contribution in [3.63, 3.8) is 0 Å². The van der Waals surface area contributed by atoms with Crippen molar-refractivity contribution in [1.29, 1.82) is 5.26 Å². The molecule has 1 atom stereocenters. The van der Waals surface area contributed by atoms with E-state index in [2.05, 4.69) is 27.1 Å². The summed E-state index contributed by atoms with van der Waals surface area (Å²) < 4.78 is 0. The molecule has 6 heteroatoms. The van der Waals surface area contributed by atoms with Crippen LogP contribution in [0.3, 0.4) is 0 Å². The van der Waals surface area contributed by atoms with Crippen LogP contribution in [-0.2, 0) is 0 Å². The Bertz CT molecular complexity index is 606. The molecule has 0 saturated heterocycles. The van der Waals surface area contributed by atoms with Crippen LogP contribution in [-0.4, -0.2) is 17.9 Å². The maximum atomic E-state index is 9.12. The second kappa shape index (κ2) is 8.04. The lowest BCUT2D eigenvalue weighted by Gasteiger charge is -2.10. The van der Waals surface area contributed by atoms with E-state index in [9.17, 15) is 0 Å². The molecule has 1 rings (SSSR count). The van der Waals surface area contributed by atoms with Crippen LogP contribution in [0.2, 0.25) is 0 Å². The Morgan fingerprint density at radius 1 is 1.60 bits per heavy atom. The molecule has 20 heavy (non-hydrogen) atoms. The van der Waals surface area contributed by atoms with Gasteiger partial charge in [0.25, 0.3) is 0 Å². The van der Waals surface area contributed by atoms with Crippen LogP contribution in [0, 0.1) is 29.6 Å². The lowest BCUT2D eigenvalue weighted by atomic mass is 10.0. The molecule has 5 nitrogen and oxygen atoms in total. The molecular weight excluding hydrogens is 270 g/mol. The van der Waals surface area contributed by atoms with E-state index in [-0.39, 0.29) is 17.3 Å². The van der Waals surface area contributed by atoms with Gasteiger partial charge in [-0.3, -0.25) is 0 Å². The lowest BCUT2D eigenvalue weighted by molar-refractivity contribution is 0.884. The smallest absolute Gasteiger partial charge is 0.168 e. The summed E-state index contributed by atoms with van der Waals surface area (Å²) in [5.74, 6) is 8.63. The zero-order chi connectivity index (χ0) is 15.0. The molecule has 102 valence electrons. The first-order valence-electron chi connectivity index (χ1n) is 5.85. The van der Waals surface area contributed by atoms with Gasteiger partial charge in [-0.05, 0) is 13.2 Å². The largest absolute Gasteiger partial charge is 0.307 e. The van der Waals surface area contributed by atoms with Gasteiger partial charge in [0.05, 0.1) is 0 Å². The molecule has 0 amide bonds. The van der Waals surface area contributed by atoms with Crippen molar-refractivity contribution < 1.29 is 0 Å². The molecular formula is C14H15N5S. The molecule has 0 spiro atoms. The number of aliphatic imine (C=N–C) groups is 2. The van der Waals surface area contributed by atoms with Crippen molar-refractivity contribution in [2.45, 2.75) is 13.3 Å². The maximum absolute atomic E-state index is 9.12. The van der Waals surface area contributed by atoms with Crippen molar-refractivity contribution in [2.75, 3.05) is 6.26 Å². The van der Waals surface area contributed by atoms with E-state index >= 15 is 0 Å². The highest BCUT2D eigenvalue weighted by Gasteiger charge is 2.17. The van der Waals surface area contributed by atoms with Crippen LogP contribution >= 0.6 is 11.8 Å². The summed E-state index contributed by atoms with van der Waals surface area (Å²) in [6.45, 7) is 1.90. The van der Waals surface area contributed by atoms with Crippen molar-refractivity contribution in [3.05, 3.63) is 28.5 Å². The van der Waals surface area contributed by atoms with Gasteiger partial charge in [0.2, 0.25) is 0 Å². The number of amidine groups is 2. The third-order valence-electron chi connectivity index (χ3n) is 2.45. The van der Waals surface area contributed by atoms with Crippen molar-refractivity contribution in [1.82, 2.24) is 5.43 Å². The number of allylic oxidation sites excluding steroid dienone is 1. The van der Waals surface area contributed by atoms with Crippen LogP contribution in [0.5, 0.6) is 0 Å². The van der Waals surface area contributed by atoms with Gasteiger partial charge in [0.1, 0.15) is 22.5 Å². The van der Waals surface area contributed by atoms with Crippen LogP contribution in [0.25, 0.3) is 0 Å². The number of hydrazine groups is 1. The quantitative estimate of drug-likeness (QED) is 0.271. The van der Waals surface area contributed by atoms with Crippen LogP contribution < -0.4 is 11.3 Å². The lowest BCUT2D eigenvalue weighted by Crippen LogP contribution is -2.32. The second-order valence-corrected chi connectivity index (χ2v) is 4.53. The third kappa shape index (κ3) is 3.88. The minimum Gasteiger partial charge on any atom is -0.307 e. The van der Waals surface area contributed by atoms with Crippen molar-refractivity contribution in [3.8, 4) is 18.4 Å². The molecule has 1 unspecified atom stereocenters.